The number of sulfonamides is 1. The van der Waals surface area contributed by atoms with Gasteiger partial charge in [-0.3, -0.25) is 4.79 Å². The highest BCUT2D eigenvalue weighted by Gasteiger charge is 2.16. The normalized spacial score (nSPS) is 11.3. The number of anilines is 1. The Hall–Kier alpha value is -1.64. The van der Waals surface area contributed by atoms with E-state index in [1.54, 1.807) is 13.0 Å². The third kappa shape index (κ3) is 5.16. The first-order valence-electron chi connectivity index (χ1n) is 5.97. The molecular weight excluding hydrogens is 282 g/mol. The monoisotopic (exact) mass is 301 g/mol. The number of nitrogen functional groups attached to an aromatic ring is 1. The first kappa shape index (κ1) is 16.4. The maximum atomic E-state index is 12.0. The van der Waals surface area contributed by atoms with Crippen molar-refractivity contribution in [3.63, 3.8) is 0 Å². The summed E-state index contributed by atoms with van der Waals surface area (Å²) < 4.78 is 31.0. The van der Waals surface area contributed by atoms with E-state index in [4.69, 9.17) is 10.5 Å². The molecule has 0 aliphatic carbocycles. The maximum Gasteiger partial charge on any atom is 0.241 e. The average molecular weight is 301 g/mol. The second kappa shape index (κ2) is 7.22. The van der Waals surface area contributed by atoms with Crippen LogP contribution in [0, 0.1) is 6.92 Å². The Balaban J connectivity index is 2.64. The van der Waals surface area contributed by atoms with E-state index in [1.807, 2.05) is 0 Å². The van der Waals surface area contributed by atoms with Crippen LogP contribution in [0.15, 0.2) is 23.1 Å². The van der Waals surface area contributed by atoms with Crippen molar-refractivity contribution >= 4 is 21.6 Å². The van der Waals surface area contributed by atoms with Gasteiger partial charge < -0.3 is 15.8 Å². The molecular formula is C12H19N3O4S. The molecule has 0 unspecified atom stereocenters. The number of nitrogens with one attached hydrogen (secondary N) is 2. The highest BCUT2D eigenvalue weighted by atomic mass is 32.2. The van der Waals surface area contributed by atoms with Gasteiger partial charge in [-0.15, -0.1) is 0 Å². The maximum absolute atomic E-state index is 12.0. The number of carbonyl (C=O) groups excluding carboxylic acids is 1. The fourth-order valence-electron chi connectivity index (χ4n) is 1.53. The van der Waals surface area contributed by atoms with Gasteiger partial charge in [0.05, 0.1) is 18.0 Å². The summed E-state index contributed by atoms with van der Waals surface area (Å²) in [7, 11) is -2.24. The van der Waals surface area contributed by atoms with Crippen molar-refractivity contribution < 1.29 is 17.9 Å². The minimum atomic E-state index is -3.75. The minimum absolute atomic E-state index is 0.0414. The average Bonchev–Trinajstić information content (AvgIpc) is 2.36. The van der Waals surface area contributed by atoms with Gasteiger partial charge >= 0.3 is 0 Å². The molecule has 0 saturated heterocycles. The van der Waals surface area contributed by atoms with Crippen LogP contribution in [0.25, 0.3) is 0 Å². The van der Waals surface area contributed by atoms with Crippen LogP contribution >= 0.6 is 0 Å². The van der Waals surface area contributed by atoms with Crippen LogP contribution < -0.4 is 15.8 Å². The fourth-order valence-corrected chi connectivity index (χ4v) is 2.65. The first-order chi connectivity index (χ1) is 9.35. The Kier molecular flexibility index (Phi) is 5.93. The highest BCUT2D eigenvalue weighted by molar-refractivity contribution is 7.89. The zero-order valence-electron chi connectivity index (χ0n) is 11.5. The lowest BCUT2D eigenvalue weighted by Crippen LogP contribution is -2.38. The molecule has 0 radical (unpaired) electrons. The second-order valence-corrected chi connectivity index (χ2v) is 6.01. The van der Waals surface area contributed by atoms with E-state index >= 15 is 0 Å². The highest BCUT2D eigenvalue weighted by Crippen LogP contribution is 2.15. The van der Waals surface area contributed by atoms with Crippen LogP contribution in [0.3, 0.4) is 0 Å². The molecule has 1 aromatic carbocycles. The third-order valence-corrected chi connectivity index (χ3v) is 3.82. The van der Waals surface area contributed by atoms with Crippen molar-refractivity contribution in [2.24, 2.45) is 0 Å². The molecule has 112 valence electrons. The molecule has 1 rings (SSSR count). The van der Waals surface area contributed by atoms with E-state index in [1.165, 1.54) is 19.2 Å². The van der Waals surface area contributed by atoms with Crippen LogP contribution in [-0.4, -0.2) is 41.1 Å². The first-order valence-corrected chi connectivity index (χ1v) is 7.46. The molecule has 0 spiro atoms. The van der Waals surface area contributed by atoms with Gasteiger partial charge in [0.15, 0.2) is 0 Å². The molecule has 0 atom stereocenters. The van der Waals surface area contributed by atoms with Crippen molar-refractivity contribution in [3.05, 3.63) is 23.8 Å². The summed E-state index contributed by atoms with van der Waals surface area (Å²) in [5, 5.41) is 2.51. The SMILES string of the molecule is COCCNC(=O)CNS(=O)(=O)c1cc(C)cc(N)c1. The molecule has 1 amide bonds. The van der Waals surface area contributed by atoms with E-state index in [2.05, 4.69) is 10.0 Å². The zero-order valence-corrected chi connectivity index (χ0v) is 12.3. The van der Waals surface area contributed by atoms with Gasteiger partial charge in [-0.25, -0.2) is 13.1 Å². The number of nitrogens with two attached hydrogens (primary N) is 1. The number of ether oxygens (including phenoxy) is 1. The summed E-state index contributed by atoms with van der Waals surface area (Å²) in [6.45, 7) is 2.11. The molecule has 1 aromatic rings. The Labute approximate surface area is 118 Å². The molecule has 0 aliphatic rings. The standard InChI is InChI=1S/C12H19N3O4S/c1-9-5-10(13)7-11(6-9)20(17,18)15-8-12(16)14-3-4-19-2/h5-7,15H,3-4,8,13H2,1-2H3,(H,14,16). The molecule has 0 aliphatic heterocycles. The predicted octanol–water partition coefficient (Wildman–Crippen LogP) is -0.382. The van der Waals surface area contributed by atoms with Crippen molar-refractivity contribution in [1.29, 1.82) is 0 Å². The summed E-state index contributed by atoms with van der Waals surface area (Å²) in [5.74, 6) is -0.425. The van der Waals surface area contributed by atoms with E-state index in [9.17, 15) is 13.2 Å². The number of carbonyl (C=O) groups is 1. The number of benzene rings is 1. The smallest absolute Gasteiger partial charge is 0.241 e. The summed E-state index contributed by atoms with van der Waals surface area (Å²) >= 11 is 0. The lowest BCUT2D eigenvalue weighted by molar-refractivity contribution is -0.120. The number of aryl methyl sites for hydroxylation is 1. The van der Waals surface area contributed by atoms with Crippen molar-refractivity contribution in [2.45, 2.75) is 11.8 Å². The van der Waals surface area contributed by atoms with Gasteiger partial charge in [0.2, 0.25) is 15.9 Å². The number of methoxy groups -OCH3 is 1. The topological polar surface area (TPSA) is 111 Å². The molecule has 20 heavy (non-hydrogen) atoms. The van der Waals surface area contributed by atoms with Crippen LogP contribution in [0.1, 0.15) is 5.56 Å². The third-order valence-electron chi connectivity index (χ3n) is 2.43. The molecule has 0 saturated carbocycles. The predicted molar refractivity (Wildman–Crippen MR) is 75.7 cm³/mol. The van der Waals surface area contributed by atoms with Gasteiger partial charge in [0.25, 0.3) is 0 Å². The van der Waals surface area contributed by atoms with E-state index in [0.29, 0.717) is 18.8 Å². The Morgan fingerprint density at radius 2 is 2.05 bits per heavy atom. The summed E-state index contributed by atoms with van der Waals surface area (Å²) in [6.07, 6.45) is 0. The number of rotatable bonds is 7. The number of hydrogen-bond donors (Lipinski definition) is 3. The quantitative estimate of drug-likeness (QED) is 0.469. The lowest BCUT2D eigenvalue weighted by Gasteiger charge is -2.09. The van der Waals surface area contributed by atoms with Crippen molar-refractivity contribution in [2.75, 3.05) is 32.5 Å². The molecule has 4 N–H and O–H groups in total. The molecule has 0 aromatic heterocycles. The summed E-state index contributed by atoms with van der Waals surface area (Å²) in [6, 6.07) is 4.50. The number of amides is 1. The fraction of sp³-hybridized carbons (Fsp3) is 0.417. The molecule has 0 bridgehead atoms. The molecule has 0 fully saturated rings. The molecule has 8 heteroatoms. The van der Waals surface area contributed by atoms with Gasteiger partial charge in [0.1, 0.15) is 0 Å². The number of hydrogen-bond acceptors (Lipinski definition) is 5. The molecule has 0 heterocycles. The minimum Gasteiger partial charge on any atom is -0.399 e. The van der Waals surface area contributed by atoms with Gasteiger partial charge in [-0.1, -0.05) is 0 Å². The largest absolute Gasteiger partial charge is 0.399 e. The lowest BCUT2D eigenvalue weighted by atomic mass is 10.2. The Morgan fingerprint density at radius 1 is 1.35 bits per heavy atom. The van der Waals surface area contributed by atoms with Crippen molar-refractivity contribution in [1.82, 2.24) is 10.0 Å². The summed E-state index contributed by atoms with van der Waals surface area (Å²) in [5.41, 5.74) is 6.70. The van der Waals surface area contributed by atoms with E-state index < -0.39 is 15.9 Å². The van der Waals surface area contributed by atoms with Crippen LogP contribution in [0.5, 0.6) is 0 Å². The van der Waals surface area contributed by atoms with Gasteiger partial charge in [-0.05, 0) is 30.7 Å². The zero-order chi connectivity index (χ0) is 15.2. The van der Waals surface area contributed by atoms with Gasteiger partial charge in [0, 0.05) is 19.3 Å². The van der Waals surface area contributed by atoms with E-state index in [-0.39, 0.29) is 11.4 Å². The Bertz CT molecular complexity index is 552. The van der Waals surface area contributed by atoms with Crippen LogP contribution in [-0.2, 0) is 19.6 Å². The van der Waals surface area contributed by atoms with Crippen molar-refractivity contribution in [3.8, 4) is 0 Å². The molecule has 7 nitrogen and oxygen atoms in total. The van der Waals surface area contributed by atoms with Crippen LogP contribution in [0.4, 0.5) is 5.69 Å². The van der Waals surface area contributed by atoms with Crippen LogP contribution in [0.2, 0.25) is 0 Å². The van der Waals surface area contributed by atoms with E-state index in [0.717, 1.165) is 5.56 Å². The summed E-state index contributed by atoms with van der Waals surface area (Å²) in [4.78, 5) is 11.5. The Morgan fingerprint density at radius 3 is 2.65 bits per heavy atom. The second-order valence-electron chi connectivity index (χ2n) is 4.25. The van der Waals surface area contributed by atoms with Gasteiger partial charge in [-0.2, -0.15) is 0 Å².